The highest BCUT2D eigenvalue weighted by Crippen LogP contribution is 2.34. The van der Waals surface area contributed by atoms with E-state index in [1.165, 1.54) is 43.9 Å². The summed E-state index contributed by atoms with van der Waals surface area (Å²) in [4.78, 5) is 8.69. The fourth-order valence-electron chi connectivity index (χ4n) is 3.21. The van der Waals surface area contributed by atoms with Crippen molar-refractivity contribution < 1.29 is 12.8 Å². The van der Waals surface area contributed by atoms with E-state index in [9.17, 15) is 12.8 Å². The number of hydrogen-bond acceptors (Lipinski definition) is 8. The summed E-state index contributed by atoms with van der Waals surface area (Å²) in [6.45, 7) is 3.80. The van der Waals surface area contributed by atoms with Gasteiger partial charge in [-0.2, -0.15) is 0 Å². The van der Waals surface area contributed by atoms with Crippen LogP contribution in [0.25, 0.3) is 22.0 Å². The van der Waals surface area contributed by atoms with Crippen LogP contribution in [0.5, 0.6) is 0 Å². The number of aromatic nitrogens is 4. The van der Waals surface area contributed by atoms with E-state index in [1.54, 1.807) is 24.3 Å². The second-order valence-corrected chi connectivity index (χ2v) is 10.7. The first kappa shape index (κ1) is 22.2. The molecule has 0 saturated carbocycles. The normalized spacial score (nSPS) is 12.9. The molecule has 0 aliphatic heterocycles. The van der Waals surface area contributed by atoms with Gasteiger partial charge in [-0.25, -0.2) is 27.1 Å². The van der Waals surface area contributed by atoms with E-state index in [0.29, 0.717) is 27.8 Å². The first-order valence-electron chi connectivity index (χ1n) is 9.70. The highest BCUT2D eigenvalue weighted by atomic mass is 32.2. The van der Waals surface area contributed by atoms with Crippen LogP contribution < -0.4 is 5.32 Å². The van der Waals surface area contributed by atoms with Crippen molar-refractivity contribution >= 4 is 38.1 Å². The molecule has 2 heterocycles. The van der Waals surface area contributed by atoms with E-state index in [4.69, 9.17) is 0 Å². The average Bonchev–Trinajstić information content (AvgIpc) is 3.20. The summed E-state index contributed by atoms with van der Waals surface area (Å²) in [5.41, 5.74) is 1.57. The Balaban J connectivity index is 1.92. The Bertz CT molecular complexity index is 1390. The lowest BCUT2D eigenvalue weighted by Crippen LogP contribution is -2.23. The summed E-state index contributed by atoms with van der Waals surface area (Å²) < 4.78 is 40.8. The third-order valence-corrected chi connectivity index (χ3v) is 7.76. The minimum absolute atomic E-state index is 0.0455. The number of sulfonamides is 1. The lowest BCUT2D eigenvalue weighted by molar-refractivity contribution is 0.521. The van der Waals surface area contributed by atoms with Gasteiger partial charge >= 0.3 is 0 Å². The highest BCUT2D eigenvalue weighted by molar-refractivity contribution is 7.89. The van der Waals surface area contributed by atoms with E-state index in [1.807, 2.05) is 13.8 Å². The molecule has 8 nitrogen and oxygen atoms in total. The highest BCUT2D eigenvalue weighted by Gasteiger charge is 2.24. The second kappa shape index (κ2) is 8.49. The molecule has 0 bridgehead atoms. The maximum Gasteiger partial charge on any atom is 0.244 e. The summed E-state index contributed by atoms with van der Waals surface area (Å²) in [6, 6.07) is 9.03. The van der Waals surface area contributed by atoms with E-state index in [2.05, 4.69) is 25.5 Å². The molecule has 0 spiro atoms. The Labute approximate surface area is 189 Å². The topological polar surface area (TPSA) is 101 Å². The second-order valence-electron chi connectivity index (χ2n) is 7.41. The van der Waals surface area contributed by atoms with Gasteiger partial charge in [0.25, 0.3) is 0 Å². The van der Waals surface area contributed by atoms with Crippen LogP contribution in [0.3, 0.4) is 0 Å². The molecule has 0 aliphatic carbocycles. The standard InChI is InChI=1S/C21H21FN6O2S2/c1-12(21-27-26-13(2)31-21)25-20-17-9-15(14-5-7-16(22)8-6-14)10-18(19(17)23-11-24-20)32(29,30)28(3)4/h5-12H,1-4H3,(H,23,24,25). The van der Waals surface area contributed by atoms with Crippen molar-refractivity contribution in [1.82, 2.24) is 24.5 Å². The van der Waals surface area contributed by atoms with Crippen molar-refractivity contribution in [3.8, 4) is 11.1 Å². The van der Waals surface area contributed by atoms with Crippen molar-refractivity contribution in [3.05, 3.63) is 58.6 Å². The number of fused-ring (bicyclic) bond motifs is 1. The summed E-state index contributed by atoms with van der Waals surface area (Å²) in [5.74, 6) is 0.0945. The van der Waals surface area contributed by atoms with Gasteiger partial charge in [-0.1, -0.05) is 23.5 Å². The van der Waals surface area contributed by atoms with Crippen LogP contribution >= 0.6 is 11.3 Å². The molecule has 0 saturated heterocycles. The van der Waals surface area contributed by atoms with Gasteiger partial charge in [0.2, 0.25) is 10.0 Å². The molecule has 1 atom stereocenters. The molecule has 166 valence electrons. The van der Waals surface area contributed by atoms with Crippen molar-refractivity contribution in [3.63, 3.8) is 0 Å². The van der Waals surface area contributed by atoms with Crippen LogP contribution in [-0.2, 0) is 10.0 Å². The first-order valence-corrected chi connectivity index (χ1v) is 12.0. The molecular formula is C21H21FN6O2S2. The van der Waals surface area contributed by atoms with Gasteiger partial charge in [-0.05, 0) is 49.2 Å². The molecule has 2 aromatic carbocycles. The monoisotopic (exact) mass is 472 g/mol. The maximum absolute atomic E-state index is 13.5. The molecule has 4 rings (SSSR count). The summed E-state index contributed by atoms with van der Waals surface area (Å²) >= 11 is 1.47. The van der Waals surface area contributed by atoms with Gasteiger partial charge in [-0.15, -0.1) is 10.2 Å². The number of halogens is 1. The van der Waals surface area contributed by atoms with E-state index >= 15 is 0 Å². The van der Waals surface area contributed by atoms with E-state index < -0.39 is 10.0 Å². The van der Waals surface area contributed by atoms with Crippen molar-refractivity contribution in [2.75, 3.05) is 19.4 Å². The smallest absolute Gasteiger partial charge is 0.244 e. The molecule has 0 amide bonds. The fourth-order valence-corrected chi connectivity index (χ4v) is 4.98. The lowest BCUT2D eigenvalue weighted by atomic mass is 10.0. The maximum atomic E-state index is 13.5. The molecule has 0 fully saturated rings. The Morgan fingerprint density at radius 2 is 1.78 bits per heavy atom. The number of nitrogens with one attached hydrogen (secondary N) is 1. The number of benzene rings is 2. The minimum Gasteiger partial charge on any atom is -0.360 e. The Kier molecular flexibility index (Phi) is 5.89. The number of rotatable bonds is 6. The van der Waals surface area contributed by atoms with Crippen LogP contribution in [0.15, 0.2) is 47.6 Å². The molecule has 4 aromatic rings. The summed E-state index contributed by atoms with van der Waals surface area (Å²) in [7, 11) is -0.887. The van der Waals surface area contributed by atoms with Gasteiger partial charge < -0.3 is 5.32 Å². The Hall–Kier alpha value is -3.02. The number of anilines is 1. The minimum atomic E-state index is -3.82. The van der Waals surface area contributed by atoms with Crippen LogP contribution in [0.2, 0.25) is 0 Å². The number of aryl methyl sites for hydroxylation is 1. The van der Waals surface area contributed by atoms with Crippen molar-refractivity contribution in [2.24, 2.45) is 0 Å². The van der Waals surface area contributed by atoms with Gasteiger partial charge in [-0.3, -0.25) is 0 Å². The Morgan fingerprint density at radius 3 is 2.41 bits per heavy atom. The zero-order valence-corrected chi connectivity index (χ0v) is 19.5. The molecule has 0 radical (unpaired) electrons. The lowest BCUT2D eigenvalue weighted by Gasteiger charge is -2.18. The van der Waals surface area contributed by atoms with Gasteiger partial charge in [0.15, 0.2) is 0 Å². The Morgan fingerprint density at radius 1 is 1.06 bits per heavy atom. The fraction of sp³-hybridized carbons (Fsp3) is 0.238. The zero-order chi connectivity index (χ0) is 23.0. The molecule has 1 N–H and O–H groups in total. The van der Waals surface area contributed by atoms with Gasteiger partial charge in [0.05, 0.1) is 11.6 Å². The van der Waals surface area contributed by atoms with Crippen LogP contribution in [0.1, 0.15) is 23.0 Å². The molecule has 11 heteroatoms. The average molecular weight is 473 g/mol. The SMILES string of the molecule is Cc1nnc(C(C)Nc2ncnc3c(S(=O)(=O)N(C)C)cc(-c4ccc(F)cc4)cc23)s1. The van der Waals surface area contributed by atoms with Gasteiger partial charge in [0.1, 0.15) is 32.9 Å². The third kappa shape index (κ3) is 4.18. The predicted molar refractivity (Wildman–Crippen MR) is 122 cm³/mol. The molecule has 0 aliphatic rings. The van der Waals surface area contributed by atoms with Crippen molar-refractivity contribution in [2.45, 2.75) is 24.8 Å². The predicted octanol–water partition coefficient (Wildman–Crippen LogP) is 4.02. The first-order chi connectivity index (χ1) is 15.2. The van der Waals surface area contributed by atoms with Crippen LogP contribution in [0, 0.1) is 12.7 Å². The van der Waals surface area contributed by atoms with E-state index in [-0.39, 0.29) is 16.8 Å². The number of hydrogen-bond donors (Lipinski definition) is 1. The van der Waals surface area contributed by atoms with Gasteiger partial charge in [0, 0.05) is 19.5 Å². The number of nitrogens with zero attached hydrogens (tertiary/aromatic N) is 5. The summed E-state index contributed by atoms with van der Waals surface area (Å²) in [5, 5.41) is 13.7. The largest absolute Gasteiger partial charge is 0.360 e. The van der Waals surface area contributed by atoms with Crippen molar-refractivity contribution in [1.29, 1.82) is 0 Å². The molecule has 2 aromatic heterocycles. The zero-order valence-electron chi connectivity index (χ0n) is 17.9. The summed E-state index contributed by atoms with van der Waals surface area (Å²) in [6.07, 6.45) is 1.33. The van der Waals surface area contributed by atoms with Crippen LogP contribution in [-0.4, -0.2) is 47.0 Å². The molecule has 1 unspecified atom stereocenters. The van der Waals surface area contributed by atoms with E-state index in [0.717, 1.165) is 14.3 Å². The quantitative estimate of drug-likeness (QED) is 0.452. The molecule has 32 heavy (non-hydrogen) atoms. The van der Waals surface area contributed by atoms with Crippen LogP contribution in [0.4, 0.5) is 10.2 Å². The molecular weight excluding hydrogens is 451 g/mol. The third-order valence-electron chi connectivity index (χ3n) is 4.91.